The molecule has 2 heterocycles. The number of nitrogens with two attached hydrogens (primary N) is 1. The Morgan fingerprint density at radius 1 is 1.28 bits per heavy atom. The highest BCUT2D eigenvalue weighted by Crippen LogP contribution is 2.10. The first-order valence-corrected chi connectivity index (χ1v) is 5.45. The SMILES string of the molecule is CC(NC(=O)c1cnc(N)cn1)c1ccncc1. The molecule has 6 nitrogen and oxygen atoms in total. The summed E-state index contributed by atoms with van der Waals surface area (Å²) in [5.74, 6) is 0.000504. The van der Waals surface area contributed by atoms with Crippen molar-refractivity contribution in [2.24, 2.45) is 0 Å². The van der Waals surface area contributed by atoms with Crippen LogP contribution in [0.3, 0.4) is 0 Å². The molecule has 0 radical (unpaired) electrons. The number of nitrogens with zero attached hydrogens (tertiary/aromatic N) is 3. The maximum atomic E-state index is 11.9. The summed E-state index contributed by atoms with van der Waals surface area (Å²) in [6, 6.07) is 3.57. The molecule has 0 aromatic carbocycles. The van der Waals surface area contributed by atoms with Gasteiger partial charge >= 0.3 is 0 Å². The lowest BCUT2D eigenvalue weighted by Gasteiger charge is -2.13. The Hall–Kier alpha value is -2.50. The average molecular weight is 243 g/mol. The second-order valence-electron chi connectivity index (χ2n) is 3.80. The third-order valence-electron chi connectivity index (χ3n) is 2.46. The summed E-state index contributed by atoms with van der Waals surface area (Å²) >= 11 is 0. The third kappa shape index (κ3) is 2.79. The van der Waals surface area contributed by atoms with Crippen molar-refractivity contribution in [3.05, 3.63) is 48.2 Å². The maximum Gasteiger partial charge on any atom is 0.271 e. The van der Waals surface area contributed by atoms with Gasteiger partial charge in [-0.3, -0.25) is 9.78 Å². The highest BCUT2D eigenvalue weighted by molar-refractivity contribution is 5.92. The molecule has 0 aliphatic carbocycles. The lowest BCUT2D eigenvalue weighted by atomic mass is 10.1. The summed E-state index contributed by atoms with van der Waals surface area (Å²) in [5, 5.41) is 2.82. The number of hydrogen-bond acceptors (Lipinski definition) is 5. The van der Waals surface area contributed by atoms with Crippen LogP contribution in [0, 0.1) is 0 Å². The van der Waals surface area contributed by atoms with Crippen molar-refractivity contribution < 1.29 is 4.79 Å². The highest BCUT2D eigenvalue weighted by atomic mass is 16.1. The summed E-state index contributed by atoms with van der Waals surface area (Å²) in [4.78, 5) is 23.5. The van der Waals surface area contributed by atoms with E-state index in [1.807, 2.05) is 19.1 Å². The molecule has 3 N–H and O–H groups in total. The monoisotopic (exact) mass is 243 g/mol. The quantitative estimate of drug-likeness (QED) is 0.836. The van der Waals surface area contributed by atoms with E-state index in [0.29, 0.717) is 0 Å². The number of rotatable bonds is 3. The Balaban J connectivity index is 2.06. The number of anilines is 1. The van der Waals surface area contributed by atoms with Crippen LogP contribution in [-0.2, 0) is 0 Å². The molecule has 2 aromatic heterocycles. The zero-order chi connectivity index (χ0) is 13.0. The minimum atomic E-state index is -0.285. The number of pyridine rings is 1. The molecule has 0 aliphatic rings. The van der Waals surface area contributed by atoms with Crippen molar-refractivity contribution in [2.75, 3.05) is 5.73 Å². The molecule has 18 heavy (non-hydrogen) atoms. The van der Waals surface area contributed by atoms with Gasteiger partial charge in [-0.15, -0.1) is 0 Å². The van der Waals surface area contributed by atoms with E-state index in [9.17, 15) is 4.79 Å². The Kier molecular flexibility index (Phi) is 3.47. The van der Waals surface area contributed by atoms with Crippen molar-refractivity contribution >= 4 is 11.7 Å². The Morgan fingerprint density at radius 2 is 2.00 bits per heavy atom. The van der Waals surface area contributed by atoms with Crippen molar-refractivity contribution in [1.82, 2.24) is 20.3 Å². The number of aromatic nitrogens is 3. The molecule has 1 atom stereocenters. The maximum absolute atomic E-state index is 11.9. The van der Waals surface area contributed by atoms with Crippen LogP contribution in [0.5, 0.6) is 0 Å². The minimum absolute atomic E-state index is 0.125. The van der Waals surface area contributed by atoms with Gasteiger partial charge in [0.1, 0.15) is 11.5 Å². The molecule has 2 rings (SSSR count). The fourth-order valence-electron chi connectivity index (χ4n) is 1.46. The number of carbonyl (C=O) groups excluding carboxylic acids is 1. The van der Waals surface area contributed by atoms with Gasteiger partial charge in [0.15, 0.2) is 0 Å². The molecule has 0 saturated heterocycles. The number of carbonyl (C=O) groups is 1. The van der Waals surface area contributed by atoms with E-state index in [0.717, 1.165) is 5.56 Å². The van der Waals surface area contributed by atoms with Crippen LogP contribution in [0.2, 0.25) is 0 Å². The second kappa shape index (κ2) is 5.22. The summed E-state index contributed by atoms with van der Waals surface area (Å²) in [6.45, 7) is 1.89. The van der Waals surface area contributed by atoms with Crippen LogP contribution < -0.4 is 11.1 Å². The smallest absolute Gasteiger partial charge is 0.271 e. The van der Waals surface area contributed by atoms with Crippen LogP contribution in [0.15, 0.2) is 36.9 Å². The molecule has 92 valence electrons. The highest BCUT2D eigenvalue weighted by Gasteiger charge is 2.12. The van der Waals surface area contributed by atoms with Crippen molar-refractivity contribution in [3.8, 4) is 0 Å². The Labute approximate surface area is 104 Å². The molecule has 0 saturated carbocycles. The van der Waals surface area contributed by atoms with Gasteiger partial charge in [0.2, 0.25) is 0 Å². The number of nitrogen functional groups attached to an aromatic ring is 1. The zero-order valence-corrected chi connectivity index (χ0v) is 9.87. The average Bonchev–Trinajstić information content (AvgIpc) is 2.40. The molecular weight excluding hydrogens is 230 g/mol. The lowest BCUT2D eigenvalue weighted by Crippen LogP contribution is -2.27. The van der Waals surface area contributed by atoms with E-state index in [2.05, 4.69) is 20.3 Å². The third-order valence-corrected chi connectivity index (χ3v) is 2.46. The number of amides is 1. The molecule has 1 unspecified atom stereocenters. The Morgan fingerprint density at radius 3 is 2.61 bits per heavy atom. The summed E-state index contributed by atoms with van der Waals surface area (Å²) in [5.41, 5.74) is 6.62. The second-order valence-corrected chi connectivity index (χ2v) is 3.80. The van der Waals surface area contributed by atoms with E-state index in [1.165, 1.54) is 12.4 Å². The van der Waals surface area contributed by atoms with Gasteiger partial charge in [-0.1, -0.05) is 0 Å². The molecule has 0 fully saturated rings. The van der Waals surface area contributed by atoms with E-state index in [4.69, 9.17) is 5.73 Å². The van der Waals surface area contributed by atoms with Gasteiger partial charge in [0.05, 0.1) is 18.4 Å². The van der Waals surface area contributed by atoms with E-state index in [-0.39, 0.29) is 23.5 Å². The van der Waals surface area contributed by atoms with Gasteiger partial charge < -0.3 is 11.1 Å². The van der Waals surface area contributed by atoms with E-state index >= 15 is 0 Å². The molecule has 6 heteroatoms. The molecule has 1 amide bonds. The molecule has 0 spiro atoms. The van der Waals surface area contributed by atoms with Crippen molar-refractivity contribution in [1.29, 1.82) is 0 Å². The van der Waals surface area contributed by atoms with E-state index in [1.54, 1.807) is 12.4 Å². The lowest BCUT2D eigenvalue weighted by molar-refractivity contribution is 0.0934. The minimum Gasteiger partial charge on any atom is -0.382 e. The largest absolute Gasteiger partial charge is 0.382 e. The number of hydrogen-bond donors (Lipinski definition) is 2. The molecule has 0 bridgehead atoms. The molecule has 0 aliphatic heterocycles. The van der Waals surface area contributed by atoms with E-state index < -0.39 is 0 Å². The summed E-state index contributed by atoms with van der Waals surface area (Å²) < 4.78 is 0. The van der Waals surface area contributed by atoms with Crippen LogP contribution >= 0.6 is 0 Å². The first-order valence-electron chi connectivity index (χ1n) is 5.45. The van der Waals surface area contributed by atoms with Crippen LogP contribution in [0.1, 0.15) is 29.0 Å². The fraction of sp³-hybridized carbons (Fsp3) is 0.167. The van der Waals surface area contributed by atoms with Crippen LogP contribution in [0.4, 0.5) is 5.82 Å². The first-order chi connectivity index (χ1) is 8.66. The van der Waals surface area contributed by atoms with Gasteiger partial charge in [-0.05, 0) is 24.6 Å². The molecule has 2 aromatic rings. The van der Waals surface area contributed by atoms with Gasteiger partial charge in [0, 0.05) is 12.4 Å². The van der Waals surface area contributed by atoms with Crippen LogP contribution in [-0.4, -0.2) is 20.9 Å². The number of nitrogens with one attached hydrogen (secondary N) is 1. The standard InChI is InChI=1S/C12H13N5O/c1-8(9-2-4-14-5-3-9)17-12(18)10-6-16-11(13)7-15-10/h2-8H,1H3,(H2,13,16)(H,17,18). The predicted octanol–water partition coefficient (Wildman–Crippen LogP) is 0.945. The molecular formula is C12H13N5O. The van der Waals surface area contributed by atoms with Gasteiger partial charge in [-0.2, -0.15) is 0 Å². The van der Waals surface area contributed by atoms with Crippen LogP contribution in [0.25, 0.3) is 0 Å². The summed E-state index contributed by atoms with van der Waals surface area (Å²) in [7, 11) is 0. The van der Waals surface area contributed by atoms with Gasteiger partial charge in [0.25, 0.3) is 5.91 Å². The zero-order valence-electron chi connectivity index (χ0n) is 9.87. The van der Waals surface area contributed by atoms with Crippen molar-refractivity contribution in [3.63, 3.8) is 0 Å². The first kappa shape index (κ1) is 12.0. The van der Waals surface area contributed by atoms with Gasteiger partial charge in [-0.25, -0.2) is 9.97 Å². The van der Waals surface area contributed by atoms with Crippen molar-refractivity contribution in [2.45, 2.75) is 13.0 Å². The topological polar surface area (TPSA) is 93.8 Å². The fourth-order valence-corrected chi connectivity index (χ4v) is 1.46. The normalized spacial score (nSPS) is 11.8. The summed E-state index contributed by atoms with van der Waals surface area (Å²) in [6.07, 6.45) is 6.07. The predicted molar refractivity (Wildman–Crippen MR) is 66.6 cm³/mol. The Bertz CT molecular complexity index is 526.